The zero-order valence-corrected chi connectivity index (χ0v) is 15.4. The van der Waals surface area contributed by atoms with Crippen molar-refractivity contribution in [1.29, 1.82) is 0 Å². The minimum absolute atomic E-state index is 0.263. The average molecular weight is 389 g/mol. The van der Waals surface area contributed by atoms with Crippen LogP contribution in [0.25, 0.3) is 0 Å². The molecule has 0 spiro atoms. The number of methoxy groups -OCH3 is 1. The Labute approximate surface area is 153 Å². The largest absolute Gasteiger partial charge is 0.511 e. The van der Waals surface area contributed by atoms with Crippen molar-refractivity contribution in [2.24, 2.45) is 7.05 Å². The Bertz CT molecular complexity index is 805. The van der Waals surface area contributed by atoms with Crippen molar-refractivity contribution < 1.29 is 19.4 Å². The molecule has 1 aromatic heterocycles. The van der Waals surface area contributed by atoms with Gasteiger partial charge in [0.15, 0.2) is 0 Å². The average Bonchev–Trinajstić information content (AvgIpc) is 2.81. The monoisotopic (exact) mass is 388 g/mol. The van der Waals surface area contributed by atoms with E-state index in [0.717, 1.165) is 0 Å². The Morgan fingerprint density at radius 3 is 2.75 bits per heavy atom. The molecule has 0 unspecified atom stereocenters. The maximum absolute atomic E-state index is 11.6. The van der Waals surface area contributed by atoms with Crippen LogP contribution >= 0.6 is 35.0 Å². The minimum atomic E-state index is -0.812. The summed E-state index contributed by atoms with van der Waals surface area (Å²) in [5, 5.41) is 14.5. The van der Waals surface area contributed by atoms with E-state index in [-0.39, 0.29) is 11.6 Å². The number of carbonyl (C=O) groups is 1. The fourth-order valence-corrected chi connectivity index (χ4v) is 3.33. The van der Waals surface area contributed by atoms with Gasteiger partial charge in [-0.15, -0.1) is 0 Å². The Hall–Kier alpha value is -1.83. The summed E-state index contributed by atoms with van der Waals surface area (Å²) in [6, 6.07) is 5.09. The lowest BCUT2D eigenvalue weighted by Crippen LogP contribution is -2.12. The lowest BCUT2D eigenvalue weighted by Gasteiger charge is -2.10. The summed E-state index contributed by atoms with van der Waals surface area (Å²) >= 11 is 13.5. The summed E-state index contributed by atoms with van der Waals surface area (Å²) in [7, 11) is 2.84. The van der Waals surface area contributed by atoms with Gasteiger partial charge >= 0.3 is 5.97 Å². The third-order valence-corrected chi connectivity index (χ3v) is 4.84. The molecule has 0 bridgehead atoms. The molecule has 128 valence electrons. The van der Waals surface area contributed by atoms with Crippen molar-refractivity contribution >= 4 is 40.9 Å². The topological polar surface area (TPSA) is 73.6 Å². The van der Waals surface area contributed by atoms with Crippen LogP contribution < -0.4 is 4.74 Å². The van der Waals surface area contributed by atoms with Gasteiger partial charge in [-0.2, -0.15) is 5.10 Å². The summed E-state index contributed by atoms with van der Waals surface area (Å²) < 4.78 is 11.5. The van der Waals surface area contributed by atoms with Crippen molar-refractivity contribution in [3.05, 3.63) is 46.0 Å². The molecule has 1 N–H and O–H groups in total. The molecule has 6 nitrogen and oxygen atoms in total. The first-order valence-electron chi connectivity index (χ1n) is 6.64. The van der Waals surface area contributed by atoms with Crippen molar-refractivity contribution in [1.82, 2.24) is 9.78 Å². The summed E-state index contributed by atoms with van der Waals surface area (Å²) in [5.74, 6) is -0.910. The third kappa shape index (κ3) is 3.98. The highest BCUT2D eigenvalue weighted by atomic mass is 35.5. The standard InChI is InChI=1S/C15H14Cl2N2O4S/c1-8-13(24-12-6-9(16)4-5-10(12)17)14(19(2)18-8)23-11(7-20)15(21)22-3/h4-7,20H,1-3H3. The van der Waals surface area contributed by atoms with Gasteiger partial charge in [-0.05, 0) is 25.1 Å². The quantitative estimate of drug-likeness (QED) is 0.471. The number of aryl methyl sites for hydroxylation is 2. The van der Waals surface area contributed by atoms with E-state index in [1.54, 1.807) is 32.2 Å². The highest BCUT2D eigenvalue weighted by molar-refractivity contribution is 7.99. The van der Waals surface area contributed by atoms with E-state index >= 15 is 0 Å². The number of aliphatic hydroxyl groups is 1. The number of rotatable bonds is 5. The van der Waals surface area contributed by atoms with Gasteiger partial charge in [0.2, 0.25) is 11.6 Å². The minimum Gasteiger partial charge on any atom is -0.511 e. The van der Waals surface area contributed by atoms with Crippen LogP contribution in [0, 0.1) is 6.92 Å². The number of hydrogen-bond donors (Lipinski definition) is 1. The van der Waals surface area contributed by atoms with E-state index in [9.17, 15) is 9.90 Å². The smallest absolute Gasteiger partial charge is 0.377 e. The zero-order valence-electron chi connectivity index (χ0n) is 13.0. The first kappa shape index (κ1) is 18.5. The van der Waals surface area contributed by atoms with Gasteiger partial charge in [0.25, 0.3) is 0 Å². The molecule has 0 atom stereocenters. The van der Waals surface area contributed by atoms with Gasteiger partial charge in [-0.25, -0.2) is 9.48 Å². The fourth-order valence-electron chi connectivity index (χ4n) is 1.84. The van der Waals surface area contributed by atoms with E-state index < -0.39 is 5.97 Å². The number of nitrogens with zero attached hydrogens (tertiary/aromatic N) is 2. The number of ether oxygens (including phenoxy) is 2. The first-order chi connectivity index (χ1) is 11.4. The molecular weight excluding hydrogens is 375 g/mol. The predicted octanol–water partition coefficient (Wildman–Crippen LogP) is 4.14. The van der Waals surface area contributed by atoms with Gasteiger partial charge in [0, 0.05) is 17.0 Å². The molecule has 0 saturated carbocycles. The van der Waals surface area contributed by atoms with Crippen LogP contribution in [-0.2, 0) is 16.6 Å². The highest BCUT2D eigenvalue weighted by Crippen LogP contribution is 2.41. The molecule has 0 fully saturated rings. The normalized spacial score (nSPS) is 11.5. The van der Waals surface area contributed by atoms with Crippen molar-refractivity contribution in [2.75, 3.05) is 7.11 Å². The molecule has 1 heterocycles. The maximum atomic E-state index is 11.6. The molecule has 0 aliphatic heterocycles. The van der Waals surface area contributed by atoms with Crippen molar-refractivity contribution in [3.63, 3.8) is 0 Å². The molecule has 0 aliphatic rings. The number of aliphatic hydroxyl groups excluding tert-OH is 1. The van der Waals surface area contributed by atoms with Crippen LogP contribution in [0.1, 0.15) is 5.69 Å². The van der Waals surface area contributed by atoms with Gasteiger partial charge < -0.3 is 14.6 Å². The summed E-state index contributed by atoms with van der Waals surface area (Å²) in [6.07, 6.45) is 0.537. The van der Waals surface area contributed by atoms with Gasteiger partial charge in [-0.1, -0.05) is 35.0 Å². The van der Waals surface area contributed by atoms with E-state index in [2.05, 4.69) is 9.84 Å². The molecule has 24 heavy (non-hydrogen) atoms. The molecule has 2 aromatic rings. The Morgan fingerprint density at radius 2 is 2.12 bits per heavy atom. The SMILES string of the molecule is COC(=O)C(=CO)Oc1c(Sc2cc(Cl)ccc2Cl)c(C)nn1C. The number of benzene rings is 1. The van der Waals surface area contributed by atoms with Crippen LogP contribution in [0.2, 0.25) is 10.0 Å². The summed E-state index contributed by atoms with van der Waals surface area (Å²) in [5.41, 5.74) is 0.663. The third-order valence-electron chi connectivity index (χ3n) is 2.93. The van der Waals surface area contributed by atoms with Crippen LogP contribution in [0.3, 0.4) is 0 Å². The molecule has 0 radical (unpaired) electrons. The van der Waals surface area contributed by atoms with Gasteiger partial charge in [0.1, 0.15) is 6.26 Å². The Kier molecular flexibility index (Phi) is 6.04. The number of hydrogen-bond acceptors (Lipinski definition) is 6. The van der Waals surface area contributed by atoms with E-state index in [1.165, 1.54) is 23.6 Å². The molecule has 0 saturated heterocycles. The van der Waals surface area contributed by atoms with Gasteiger partial charge in [0.05, 0.1) is 22.7 Å². The summed E-state index contributed by atoms with van der Waals surface area (Å²) in [6.45, 7) is 1.79. The van der Waals surface area contributed by atoms with E-state index in [4.69, 9.17) is 27.9 Å². The second kappa shape index (κ2) is 7.83. The summed E-state index contributed by atoms with van der Waals surface area (Å²) in [4.78, 5) is 12.9. The first-order valence-corrected chi connectivity index (χ1v) is 8.21. The molecule has 0 aliphatic carbocycles. The number of halogens is 2. The second-order valence-corrected chi connectivity index (χ2v) is 6.50. The van der Waals surface area contributed by atoms with Crippen LogP contribution in [0.4, 0.5) is 0 Å². The van der Waals surface area contributed by atoms with Crippen LogP contribution in [-0.4, -0.2) is 28.0 Å². The number of aromatic nitrogens is 2. The Morgan fingerprint density at radius 1 is 1.42 bits per heavy atom. The van der Waals surface area contributed by atoms with Crippen molar-refractivity contribution in [2.45, 2.75) is 16.7 Å². The van der Waals surface area contributed by atoms with E-state index in [1.807, 2.05) is 0 Å². The molecule has 2 rings (SSSR count). The molecular formula is C15H14Cl2N2O4S. The van der Waals surface area contributed by atoms with Crippen molar-refractivity contribution in [3.8, 4) is 5.88 Å². The van der Waals surface area contributed by atoms with Gasteiger partial charge in [-0.3, -0.25) is 0 Å². The predicted molar refractivity (Wildman–Crippen MR) is 91.9 cm³/mol. The van der Waals surface area contributed by atoms with Crippen LogP contribution in [0.5, 0.6) is 5.88 Å². The highest BCUT2D eigenvalue weighted by Gasteiger charge is 2.22. The fraction of sp³-hybridized carbons (Fsp3) is 0.200. The molecule has 0 amide bonds. The molecule has 1 aromatic carbocycles. The Balaban J connectivity index is 2.41. The zero-order chi connectivity index (χ0) is 17.9. The number of carbonyl (C=O) groups excluding carboxylic acids is 1. The lowest BCUT2D eigenvalue weighted by molar-refractivity contribution is -0.138. The number of esters is 1. The molecule has 9 heteroatoms. The van der Waals surface area contributed by atoms with Crippen LogP contribution in [0.15, 0.2) is 40.0 Å². The second-order valence-electron chi connectivity index (χ2n) is 4.61. The maximum Gasteiger partial charge on any atom is 0.377 e. The van der Waals surface area contributed by atoms with E-state index in [0.29, 0.717) is 31.8 Å². The lowest BCUT2D eigenvalue weighted by atomic mass is 10.4.